The van der Waals surface area contributed by atoms with Gasteiger partial charge in [-0.05, 0) is 56.8 Å². The van der Waals surface area contributed by atoms with Crippen molar-refractivity contribution in [2.45, 2.75) is 72.0 Å². The second-order valence-electron chi connectivity index (χ2n) is 8.21. The Labute approximate surface area is 131 Å². The summed E-state index contributed by atoms with van der Waals surface area (Å²) in [5, 5.41) is 0.193. The van der Waals surface area contributed by atoms with Gasteiger partial charge in [-0.1, -0.05) is 20.8 Å². The fourth-order valence-electron chi connectivity index (χ4n) is 2.44. The Morgan fingerprint density at radius 1 is 1.24 bits per heavy atom. The van der Waals surface area contributed by atoms with Crippen LogP contribution in [0.4, 0.5) is 0 Å². The molecule has 1 atom stereocenters. The maximum absolute atomic E-state index is 12.0. The van der Waals surface area contributed by atoms with Gasteiger partial charge in [0.15, 0.2) is 0 Å². The molecule has 0 amide bonds. The molecule has 0 saturated heterocycles. The first kappa shape index (κ1) is 18.3. The van der Waals surface area contributed by atoms with Crippen molar-refractivity contribution in [2.75, 3.05) is 7.11 Å². The van der Waals surface area contributed by atoms with Gasteiger partial charge in [0, 0.05) is 6.42 Å². The molecule has 1 rings (SSSR count). The summed E-state index contributed by atoms with van der Waals surface area (Å²) in [6, 6.07) is 0. The molecular formula is C17H32O3Si. The van der Waals surface area contributed by atoms with E-state index in [-0.39, 0.29) is 16.9 Å². The molecule has 0 radical (unpaired) electrons. The van der Waals surface area contributed by atoms with Gasteiger partial charge in [-0.2, -0.15) is 0 Å². The number of ether oxygens (including phenoxy) is 1. The van der Waals surface area contributed by atoms with E-state index >= 15 is 0 Å². The minimum absolute atomic E-state index is 0.141. The lowest BCUT2D eigenvalue weighted by Crippen LogP contribution is -2.41. The smallest absolute Gasteiger partial charge is 0.311 e. The minimum atomic E-state index is -1.80. The summed E-state index contributed by atoms with van der Waals surface area (Å²) in [6.07, 6.45) is 5.26. The molecule has 0 N–H and O–H groups in total. The summed E-state index contributed by atoms with van der Waals surface area (Å²) in [6.45, 7) is 15.2. The molecule has 0 heterocycles. The maximum Gasteiger partial charge on any atom is 0.311 e. The van der Waals surface area contributed by atoms with Gasteiger partial charge in [0.1, 0.15) is 0 Å². The molecule has 0 aromatic heterocycles. The first-order valence-electron chi connectivity index (χ1n) is 7.90. The van der Waals surface area contributed by atoms with Gasteiger partial charge < -0.3 is 9.16 Å². The SMILES string of the molecule is COC(=O)C(C)(C)C1C=C(O[Si](C)(C)C(C)(C)C)CCC1. The predicted molar refractivity (Wildman–Crippen MR) is 89.5 cm³/mol. The summed E-state index contributed by atoms with van der Waals surface area (Å²) >= 11 is 0. The van der Waals surface area contributed by atoms with Crippen LogP contribution in [0.2, 0.25) is 18.1 Å². The predicted octanol–water partition coefficient (Wildman–Crippen LogP) is 4.89. The number of hydrogen-bond donors (Lipinski definition) is 0. The summed E-state index contributed by atoms with van der Waals surface area (Å²) in [7, 11) is -0.339. The third-order valence-electron chi connectivity index (χ3n) is 5.16. The van der Waals surface area contributed by atoms with E-state index in [9.17, 15) is 4.79 Å². The normalized spacial score (nSPS) is 20.8. The summed E-state index contributed by atoms with van der Waals surface area (Å²) < 4.78 is 11.4. The van der Waals surface area contributed by atoms with Gasteiger partial charge in [0.2, 0.25) is 8.32 Å². The number of carbonyl (C=O) groups is 1. The Bertz CT molecular complexity index is 416. The zero-order valence-electron chi connectivity index (χ0n) is 15.0. The first-order valence-corrected chi connectivity index (χ1v) is 10.8. The number of allylic oxidation sites excluding steroid dienone is 2. The molecule has 0 aromatic rings. The summed E-state index contributed by atoms with van der Waals surface area (Å²) in [5.74, 6) is 1.13. The van der Waals surface area contributed by atoms with Gasteiger partial charge in [-0.15, -0.1) is 0 Å². The molecular weight excluding hydrogens is 280 g/mol. The minimum Gasteiger partial charge on any atom is -0.547 e. The van der Waals surface area contributed by atoms with Crippen LogP contribution in [-0.4, -0.2) is 21.4 Å². The Kier molecular flexibility index (Phi) is 5.35. The highest BCUT2D eigenvalue weighted by Crippen LogP contribution is 2.42. The standard InChI is InChI=1S/C17H32O3Si/c1-16(2,3)21(7,8)20-14-11-9-10-13(12-14)17(4,5)15(18)19-6/h12-13H,9-11H2,1-8H3. The molecule has 1 aliphatic rings. The second kappa shape index (κ2) is 6.15. The number of hydrogen-bond acceptors (Lipinski definition) is 3. The Morgan fingerprint density at radius 3 is 2.29 bits per heavy atom. The number of methoxy groups -OCH3 is 1. The molecule has 0 aliphatic heterocycles. The fraction of sp³-hybridized carbons (Fsp3) is 0.824. The van der Waals surface area contributed by atoms with Crippen LogP contribution >= 0.6 is 0 Å². The highest BCUT2D eigenvalue weighted by atomic mass is 28.4. The molecule has 122 valence electrons. The summed E-state index contributed by atoms with van der Waals surface area (Å²) in [5.41, 5.74) is -0.489. The van der Waals surface area contributed by atoms with Crippen molar-refractivity contribution in [1.82, 2.24) is 0 Å². The number of esters is 1. The largest absolute Gasteiger partial charge is 0.547 e. The van der Waals surface area contributed by atoms with E-state index < -0.39 is 13.7 Å². The van der Waals surface area contributed by atoms with Crippen molar-refractivity contribution in [3.05, 3.63) is 11.8 Å². The van der Waals surface area contributed by atoms with Gasteiger partial charge in [-0.3, -0.25) is 4.79 Å². The van der Waals surface area contributed by atoms with Crippen LogP contribution in [0, 0.1) is 11.3 Å². The fourth-order valence-corrected chi connectivity index (χ4v) is 3.57. The molecule has 3 nitrogen and oxygen atoms in total. The Balaban J connectivity index is 2.93. The van der Waals surface area contributed by atoms with Gasteiger partial charge in [-0.25, -0.2) is 0 Å². The second-order valence-corrected chi connectivity index (χ2v) is 12.9. The number of rotatable bonds is 4. The molecule has 0 aromatic carbocycles. The molecule has 1 aliphatic carbocycles. The van der Waals surface area contributed by atoms with E-state index in [2.05, 4.69) is 39.9 Å². The zero-order chi connectivity index (χ0) is 16.5. The van der Waals surface area contributed by atoms with E-state index in [1.54, 1.807) is 0 Å². The third kappa shape index (κ3) is 4.12. The lowest BCUT2D eigenvalue weighted by atomic mass is 9.74. The zero-order valence-corrected chi connectivity index (χ0v) is 16.0. The van der Waals surface area contributed by atoms with Crippen molar-refractivity contribution in [2.24, 2.45) is 11.3 Å². The van der Waals surface area contributed by atoms with Crippen molar-refractivity contribution in [3.8, 4) is 0 Å². The lowest BCUT2D eigenvalue weighted by Gasteiger charge is -2.40. The van der Waals surface area contributed by atoms with Crippen LogP contribution in [0.5, 0.6) is 0 Å². The topological polar surface area (TPSA) is 35.5 Å². The van der Waals surface area contributed by atoms with Crippen LogP contribution in [0.15, 0.2) is 11.8 Å². The average molecular weight is 313 g/mol. The van der Waals surface area contributed by atoms with E-state index in [1.165, 1.54) is 7.11 Å². The van der Waals surface area contributed by atoms with Gasteiger partial charge in [0.25, 0.3) is 0 Å². The molecule has 0 spiro atoms. The van der Waals surface area contributed by atoms with Crippen LogP contribution in [0.25, 0.3) is 0 Å². The van der Waals surface area contributed by atoms with Gasteiger partial charge >= 0.3 is 5.97 Å². The Morgan fingerprint density at radius 2 is 1.81 bits per heavy atom. The van der Waals surface area contributed by atoms with Crippen molar-refractivity contribution >= 4 is 14.3 Å². The van der Waals surface area contributed by atoms with E-state index in [0.717, 1.165) is 25.0 Å². The molecule has 0 bridgehead atoms. The van der Waals surface area contributed by atoms with Crippen molar-refractivity contribution in [1.29, 1.82) is 0 Å². The Hall–Kier alpha value is -0.773. The van der Waals surface area contributed by atoms with Crippen molar-refractivity contribution in [3.63, 3.8) is 0 Å². The monoisotopic (exact) mass is 312 g/mol. The molecule has 1 unspecified atom stereocenters. The molecule has 21 heavy (non-hydrogen) atoms. The van der Waals surface area contributed by atoms with Crippen LogP contribution < -0.4 is 0 Å². The maximum atomic E-state index is 12.0. The van der Waals surface area contributed by atoms with Crippen LogP contribution in [0.3, 0.4) is 0 Å². The first-order chi connectivity index (χ1) is 9.41. The highest BCUT2D eigenvalue weighted by molar-refractivity contribution is 6.74. The molecule has 0 fully saturated rings. The van der Waals surface area contributed by atoms with E-state index in [4.69, 9.17) is 9.16 Å². The van der Waals surface area contributed by atoms with Crippen LogP contribution in [-0.2, 0) is 14.0 Å². The number of carbonyl (C=O) groups excluding carboxylic acids is 1. The lowest BCUT2D eigenvalue weighted by molar-refractivity contribution is -0.153. The third-order valence-corrected chi connectivity index (χ3v) is 9.54. The average Bonchev–Trinajstić information content (AvgIpc) is 2.36. The molecule has 0 saturated carbocycles. The quantitative estimate of drug-likeness (QED) is 0.547. The van der Waals surface area contributed by atoms with Gasteiger partial charge in [0.05, 0.1) is 18.3 Å². The summed E-state index contributed by atoms with van der Waals surface area (Å²) in [4.78, 5) is 12.0. The highest BCUT2D eigenvalue weighted by Gasteiger charge is 2.42. The van der Waals surface area contributed by atoms with Crippen LogP contribution in [0.1, 0.15) is 53.9 Å². The van der Waals surface area contributed by atoms with E-state index in [1.807, 2.05) is 13.8 Å². The molecule has 4 heteroatoms. The van der Waals surface area contributed by atoms with Crippen molar-refractivity contribution < 1.29 is 14.0 Å². The van der Waals surface area contributed by atoms with E-state index in [0.29, 0.717) is 0 Å².